The normalized spacial score (nSPS) is 11.1. The van der Waals surface area contributed by atoms with Crippen LogP contribution in [0.1, 0.15) is 18.2 Å². The summed E-state index contributed by atoms with van der Waals surface area (Å²) in [6.45, 7) is 5.01. The van der Waals surface area contributed by atoms with Crippen LogP contribution in [-0.4, -0.2) is 23.6 Å². The van der Waals surface area contributed by atoms with Crippen LogP contribution in [-0.2, 0) is 0 Å². The summed E-state index contributed by atoms with van der Waals surface area (Å²) >= 11 is 14.9. The molecule has 2 heterocycles. The molecule has 0 unspecified atom stereocenters. The zero-order chi connectivity index (χ0) is 21.3. The van der Waals surface area contributed by atoms with Crippen LogP contribution in [0, 0.1) is 6.92 Å². The van der Waals surface area contributed by atoms with E-state index in [2.05, 4.69) is 23.7 Å². The van der Waals surface area contributed by atoms with Gasteiger partial charge in [0.1, 0.15) is 5.75 Å². The molecular formula is C23H21Cl2N3OS. The third kappa shape index (κ3) is 3.85. The predicted octanol–water partition coefficient (Wildman–Crippen LogP) is 7.53. The van der Waals surface area contributed by atoms with E-state index in [9.17, 15) is 0 Å². The first-order valence-electron chi connectivity index (χ1n) is 9.64. The molecule has 2 aromatic carbocycles. The zero-order valence-electron chi connectivity index (χ0n) is 16.9. The van der Waals surface area contributed by atoms with Crippen LogP contribution in [0.25, 0.3) is 22.0 Å². The summed E-state index contributed by atoms with van der Waals surface area (Å²) < 4.78 is 5.27. The topological polar surface area (TPSA) is 38.2 Å². The summed E-state index contributed by atoms with van der Waals surface area (Å²) in [6.07, 6.45) is 4.60. The Hall–Kier alpha value is -2.34. The van der Waals surface area contributed by atoms with Crippen molar-refractivity contribution in [1.82, 2.24) is 9.97 Å². The zero-order valence-corrected chi connectivity index (χ0v) is 19.3. The van der Waals surface area contributed by atoms with Gasteiger partial charge in [-0.15, -0.1) is 11.3 Å². The van der Waals surface area contributed by atoms with Crippen LogP contribution in [0.15, 0.2) is 48.8 Å². The number of halogens is 2. The Balaban J connectivity index is 1.85. The highest BCUT2D eigenvalue weighted by Gasteiger charge is 2.21. The molecule has 0 aliphatic rings. The number of methoxy groups -OCH3 is 1. The summed E-state index contributed by atoms with van der Waals surface area (Å²) in [5.41, 5.74) is 2.73. The molecular weight excluding hydrogens is 437 g/mol. The average molecular weight is 458 g/mol. The van der Waals surface area contributed by atoms with E-state index >= 15 is 0 Å². The number of anilines is 2. The summed E-state index contributed by atoms with van der Waals surface area (Å²) in [5, 5.41) is 4.31. The molecule has 0 fully saturated rings. The van der Waals surface area contributed by atoms with E-state index < -0.39 is 0 Å². The van der Waals surface area contributed by atoms with Gasteiger partial charge in [-0.1, -0.05) is 36.2 Å². The van der Waals surface area contributed by atoms with Gasteiger partial charge in [-0.05, 0) is 43.7 Å². The van der Waals surface area contributed by atoms with Gasteiger partial charge in [0.2, 0.25) is 0 Å². The molecule has 0 saturated carbocycles. The lowest BCUT2D eigenvalue weighted by molar-refractivity contribution is 0.415. The summed E-state index contributed by atoms with van der Waals surface area (Å²) in [4.78, 5) is 12.5. The highest BCUT2D eigenvalue weighted by molar-refractivity contribution is 7.16. The maximum atomic E-state index is 6.69. The first-order valence-corrected chi connectivity index (χ1v) is 11.2. The van der Waals surface area contributed by atoms with Crippen LogP contribution < -0.4 is 9.64 Å². The number of aromatic nitrogens is 2. The number of thiazole rings is 1. The van der Waals surface area contributed by atoms with E-state index in [1.54, 1.807) is 24.6 Å². The first-order chi connectivity index (χ1) is 14.5. The second-order valence-corrected chi connectivity index (χ2v) is 8.89. The lowest BCUT2D eigenvalue weighted by atomic mass is 10.1. The Labute approximate surface area is 190 Å². The van der Waals surface area contributed by atoms with Crippen molar-refractivity contribution >= 4 is 56.1 Å². The third-order valence-electron chi connectivity index (χ3n) is 4.91. The fourth-order valence-electron chi connectivity index (χ4n) is 3.49. The second kappa shape index (κ2) is 8.80. The fourth-order valence-corrected chi connectivity index (χ4v) is 4.97. The molecule has 0 aliphatic heterocycles. The molecule has 2 aromatic heterocycles. The predicted molar refractivity (Wildman–Crippen MR) is 128 cm³/mol. The van der Waals surface area contributed by atoms with E-state index in [1.165, 1.54) is 0 Å². The third-order valence-corrected chi connectivity index (χ3v) is 6.52. The van der Waals surface area contributed by atoms with Crippen LogP contribution in [0.2, 0.25) is 10.0 Å². The first kappa shape index (κ1) is 20.9. The van der Waals surface area contributed by atoms with Gasteiger partial charge in [-0.2, -0.15) is 0 Å². The van der Waals surface area contributed by atoms with Gasteiger partial charge in [0.15, 0.2) is 5.13 Å². The van der Waals surface area contributed by atoms with Crippen molar-refractivity contribution in [2.24, 2.45) is 0 Å². The Morgan fingerprint density at radius 3 is 2.67 bits per heavy atom. The van der Waals surface area contributed by atoms with Crippen molar-refractivity contribution in [1.29, 1.82) is 0 Å². The van der Waals surface area contributed by atoms with E-state index in [0.29, 0.717) is 10.0 Å². The second-order valence-electron chi connectivity index (χ2n) is 6.89. The Bertz CT molecular complexity index is 1210. The highest BCUT2D eigenvalue weighted by atomic mass is 35.5. The molecule has 0 aliphatic carbocycles. The van der Waals surface area contributed by atoms with Crippen LogP contribution in [0.4, 0.5) is 10.8 Å². The average Bonchev–Trinajstić information content (AvgIpc) is 3.13. The quantitative estimate of drug-likeness (QED) is 0.299. The van der Waals surface area contributed by atoms with Crippen LogP contribution in [0.5, 0.6) is 5.75 Å². The number of pyridine rings is 1. The van der Waals surface area contributed by atoms with E-state index in [-0.39, 0.29) is 0 Å². The summed E-state index contributed by atoms with van der Waals surface area (Å²) in [6, 6.07) is 11.6. The highest BCUT2D eigenvalue weighted by Crippen LogP contribution is 2.43. The minimum Gasteiger partial charge on any atom is -0.497 e. The van der Waals surface area contributed by atoms with Crippen molar-refractivity contribution < 1.29 is 4.74 Å². The van der Waals surface area contributed by atoms with E-state index in [1.807, 2.05) is 42.6 Å². The molecule has 0 saturated heterocycles. The molecule has 0 N–H and O–H groups in total. The maximum absolute atomic E-state index is 6.69. The summed E-state index contributed by atoms with van der Waals surface area (Å²) in [7, 11) is 1.63. The minimum atomic E-state index is 0.616. The lowest BCUT2D eigenvalue weighted by Gasteiger charge is -2.24. The molecule has 0 radical (unpaired) electrons. The molecule has 4 aromatic rings. The van der Waals surface area contributed by atoms with Gasteiger partial charge in [0, 0.05) is 40.2 Å². The summed E-state index contributed by atoms with van der Waals surface area (Å²) in [5.74, 6) is 0.723. The smallest absolute Gasteiger partial charge is 0.190 e. The molecule has 4 nitrogen and oxygen atoms in total. The molecule has 154 valence electrons. The number of ether oxygens (including phenoxy) is 1. The number of fused-ring (bicyclic) bond motifs is 1. The number of hydrogen-bond donors (Lipinski definition) is 0. The minimum absolute atomic E-state index is 0.616. The van der Waals surface area contributed by atoms with Gasteiger partial charge >= 0.3 is 0 Å². The molecule has 4 rings (SSSR count). The number of nitrogens with zero attached hydrogens (tertiary/aromatic N) is 3. The number of rotatable bonds is 6. The van der Waals surface area contributed by atoms with Gasteiger partial charge in [-0.3, -0.25) is 4.98 Å². The standard InChI is InChI=1S/C23H21Cl2N3OS/c1-4-11-28(22-17-9-10-26-13-15(17)5-8-19(22)24)23-27-21(14(2)30-23)18-7-6-16(29-3)12-20(18)25/h5-10,12-13H,4,11H2,1-3H3. The number of benzene rings is 2. The number of hydrogen-bond acceptors (Lipinski definition) is 5. The molecule has 0 spiro atoms. The van der Waals surface area contributed by atoms with Gasteiger partial charge in [0.05, 0.1) is 28.5 Å². The Morgan fingerprint density at radius 2 is 1.93 bits per heavy atom. The van der Waals surface area contributed by atoms with Gasteiger partial charge < -0.3 is 9.64 Å². The van der Waals surface area contributed by atoms with E-state index in [0.717, 1.165) is 56.4 Å². The van der Waals surface area contributed by atoms with Crippen LogP contribution in [0.3, 0.4) is 0 Å². The van der Waals surface area contributed by atoms with Crippen molar-refractivity contribution in [3.05, 3.63) is 63.7 Å². The SMILES string of the molecule is CCCN(c1nc(-c2ccc(OC)cc2Cl)c(C)s1)c1c(Cl)ccc2cnccc12. The maximum Gasteiger partial charge on any atom is 0.190 e. The van der Waals surface area contributed by atoms with E-state index in [4.69, 9.17) is 32.9 Å². The molecule has 7 heteroatoms. The van der Waals surface area contributed by atoms with Crippen molar-refractivity contribution in [2.45, 2.75) is 20.3 Å². The van der Waals surface area contributed by atoms with Crippen LogP contribution >= 0.6 is 34.5 Å². The molecule has 0 amide bonds. The van der Waals surface area contributed by atoms with Gasteiger partial charge in [0.25, 0.3) is 0 Å². The molecule has 0 bridgehead atoms. The monoisotopic (exact) mass is 457 g/mol. The van der Waals surface area contributed by atoms with Crippen molar-refractivity contribution in [2.75, 3.05) is 18.6 Å². The Morgan fingerprint density at radius 1 is 1.10 bits per heavy atom. The van der Waals surface area contributed by atoms with Crippen molar-refractivity contribution in [3.8, 4) is 17.0 Å². The van der Waals surface area contributed by atoms with Crippen molar-refractivity contribution in [3.63, 3.8) is 0 Å². The molecule has 0 atom stereocenters. The lowest BCUT2D eigenvalue weighted by Crippen LogP contribution is -2.18. The molecule has 30 heavy (non-hydrogen) atoms. The fraction of sp³-hybridized carbons (Fsp3) is 0.217. The Kier molecular flexibility index (Phi) is 6.14. The number of aryl methyl sites for hydroxylation is 1. The van der Waals surface area contributed by atoms with Gasteiger partial charge in [-0.25, -0.2) is 4.98 Å². The largest absolute Gasteiger partial charge is 0.497 e.